The summed E-state index contributed by atoms with van der Waals surface area (Å²) in [6, 6.07) is 8.86. The Kier molecular flexibility index (Phi) is 8.19. The van der Waals surface area contributed by atoms with E-state index in [-0.39, 0.29) is 41.6 Å². The first-order chi connectivity index (χ1) is 14.6. The Morgan fingerprint density at radius 1 is 1.19 bits per heavy atom. The molecule has 0 spiro atoms. The van der Waals surface area contributed by atoms with Crippen LogP contribution in [0.1, 0.15) is 50.2 Å². The summed E-state index contributed by atoms with van der Waals surface area (Å²) in [4.78, 5) is 28.3. The van der Waals surface area contributed by atoms with Crippen molar-refractivity contribution >= 4 is 47.8 Å². The first kappa shape index (κ1) is 23.8. The van der Waals surface area contributed by atoms with Crippen LogP contribution in [0.5, 0.6) is 0 Å². The van der Waals surface area contributed by atoms with Gasteiger partial charge in [0.05, 0.1) is 0 Å². The highest BCUT2D eigenvalue weighted by atomic mass is 127. The molecule has 2 aliphatic heterocycles. The number of hydrogen-bond donors (Lipinski definition) is 0. The molecule has 2 unspecified atom stereocenters. The quantitative estimate of drug-likeness (QED) is 0.303. The number of benzene rings is 1. The minimum atomic E-state index is -0.0514. The van der Waals surface area contributed by atoms with Gasteiger partial charge in [-0.3, -0.25) is 9.79 Å². The van der Waals surface area contributed by atoms with Crippen molar-refractivity contribution in [3.8, 4) is 0 Å². The number of amides is 1. The van der Waals surface area contributed by atoms with E-state index < -0.39 is 0 Å². The fraction of sp³-hybridized carbons (Fsp3) is 0.520. The van der Waals surface area contributed by atoms with Gasteiger partial charge in [0.2, 0.25) is 5.84 Å². The van der Waals surface area contributed by atoms with Crippen LogP contribution in [-0.4, -0.2) is 48.8 Å². The van der Waals surface area contributed by atoms with Gasteiger partial charge in [-0.1, -0.05) is 44.2 Å². The first-order valence-electron chi connectivity index (χ1n) is 11.2. The number of carbonyl (C=O) groups is 1. The van der Waals surface area contributed by atoms with Crippen molar-refractivity contribution in [1.82, 2.24) is 4.90 Å². The highest BCUT2D eigenvalue weighted by molar-refractivity contribution is 14.0. The molecule has 2 fully saturated rings. The monoisotopic (exact) mass is 532 g/mol. The molecule has 1 aromatic carbocycles. The number of amidine groups is 2. The fourth-order valence-corrected chi connectivity index (χ4v) is 5.25. The van der Waals surface area contributed by atoms with Crippen LogP contribution in [0.4, 0.5) is 0 Å². The molecule has 6 heteroatoms. The van der Waals surface area contributed by atoms with E-state index in [4.69, 9.17) is 0 Å². The van der Waals surface area contributed by atoms with Crippen molar-refractivity contribution in [3.05, 3.63) is 47.5 Å². The summed E-state index contributed by atoms with van der Waals surface area (Å²) in [5.74, 6) is 2.88. The highest BCUT2D eigenvalue weighted by Crippen LogP contribution is 2.47. The van der Waals surface area contributed by atoms with Gasteiger partial charge in [0.25, 0.3) is 5.91 Å². The Bertz CT molecular complexity index is 906. The number of halogens is 1. The molecule has 2 heterocycles. The minimum Gasteiger partial charge on any atom is -0.335 e. The summed E-state index contributed by atoms with van der Waals surface area (Å²) in [6.45, 7) is 5.95. The number of fused-ring (bicyclic) bond motifs is 1. The third kappa shape index (κ3) is 5.16. The van der Waals surface area contributed by atoms with Crippen molar-refractivity contribution in [1.29, 1.82) is 0 Å². The van der Waals surface area contributed by atoms with Gasteiger partial charge in [-0.25, -0.2) is 9.98 Å². The zero-order chi connectivity index (χ0) is 21.1. The van der Waals surface area contributed by atoms with Gasteiger partial charge >= 0.3 is 0 Å². The van der Waals surface area contributed by atoms with Crippen LogP contribution in [0.25, 0.3) is 0 Å². The number of aliphatic imine (C=N–C) groups is 3. The molecule has 1 saturated heterocycles. The molecule has 3 aliphatic rings. The van der Waals surface area contributed by atoms with Gasteiger partial charge in [-0.05, 0) is 60.6 Å². The number of aryl methyl sites for hydroxylation is 1. The van der Waals surface area contributed by atoms with Crippen LogP contribution >= 0.6 is 24.0 Å². The zero-order valence-electron chi connectivity index (χ0n) is 18.7. The minimum absolute atomic E-state index is 0. The van der Waals surface area contributed by atoms with Crippen LogP contribution in [0.2, 0.25) is 0 Å². The molecule has 1 amide bonds. The van der Waals surface area contributed by atoms with E-state index >= 15 is 0 Å². The number of nitrogens with zero attached hydrogens (tertiary/aromatic N) is 4. The van der Waals surface area contributed by atoms with Crippen LogP contribution in [0.15, 0.2) is 51.4 Å². The molecule has 31 heavy (non-hydrogen) atoms. The Morgan fingerprint density at radius 3 is 2.58 bits per heavy atom. The summed E-state index contributed by atoms with van der Waals surface area (Å²) >= 11 is 0. The van der Waals surface area contributed by atoms with E-state index in [1.54, 1.807) is 13.3 Å². The summed E-state index contributed by atoms with van der Waals surface area (Å²) < 4.78 is 0. The van der Waals surface area contributed by atoms with Gasteiger partial charge in [0.15, 0.2) is 0 Å². The molecule has 0 bridgehead atoms. The largest absolute Gasteiger partial charge is 0.335 e. The molecule has 5 nitrogen and oxygen atoms in total. The van der Waals surface area contributed by atoms with Gasteiger partial charge in [-0.2, -0.15) is 0 Å². The van der Waals surface area contributed by atoms with Crippen molar-refractivity contribution in [2.24, 2.45) is 32.7 Å². The lowest BCUT2D eigenvalue weighted by molar-refractivity contribution is -0.123. The van der Waals surface area contributed by atoms with Crippen LogP contribution in [-0.2, 0) is 11.2 Å². The number of rotatable bonds is 2. The maximum Gasteiger partial charge on any atom is 0.291 e. The molecule has 1 saturated carbocycles. The third-order valence-electron chi connectivity index (χ3n) is 6.90. The average molecular weight is 532 g/mol. The van der Waals surface area contributed by atoms with Gasteiger partial charge in [0, 0.05) is 32.3 Å². The van der Waals surface area contributed by atoms with Gasteiger partial charge in [-0.15, -0.1) is 24.0 Å². The van der Waals surface area contributed by atoms with Crippen molar-refractivity contribution in [2.45, 2.75) is 45.4 Å². The maximum absolute atomic E-state index is 13.1. The Balaban J connectivity index is 0.00000272. The van der Waals surface area contributed by atoms with E-state index in [0.717, 1.165) is 25.9 Å². The average Bonchev–Trinajstić information content (AvgIpc) is 3.27. The van der Waals surface area contributed by atoms with Gasteiger partial charge in [0.1, 0.15) is 5.84 Å². The SMILES string of the molecule is CCc1ccccc1C1C[C@@H]2CN(C(=O)C(=NC)N=C3N=CC=CCC3C)C[C@@H]2C1.I. The highest BCUT2D eigenvalue weighted by Gasteiger charge is 2.43. The van der Waals surface area contributed by atoms with E-state index in [1.165, 1.54) is 24.0 Å². The van der Waals surface area contributed by atoms with E-state index in [1.807, 2.05) is 11.0 Å². The lowest BCUT2D eigenvalue weighted by atomic mass is 9.90. The number of allylic oxidation sites excluding steroid dienone is 2. The van der Waals surface area contributed by atoms with Crippen molar-refractivity contribution in [2.75, 3.05) is 20.1 Å². The van der Waals surface area contributed by atoms with Crippen molar-refractivity contribution in [3.63, 3.8) is 0 Å². The second-order valence-corrected chi connectivity index (χ2v) is 8.81. The molecule has 1 aliphatic carbocycles. The zero-order valence-corrected chi connectivity index (χ0v) is 21.0. The number of carbonyl (C=O) groups excluding carboxylic acids is 1. The fourth-order valence-electron chi connectivity index (χ4n) is 5.25. The Morgan fingerprint density at radius 2 is 1.90 bits per heavy atom. The predicted octanol–water partition coefficient (Wildman–Crippen LogP) is 4.91. The molecule has 0 aromatic heterocycles. The molecular formula is C25H33IN4O. The normalized spacial score (nSPS) is 29.1. The third-order valence-corrected chi connectivity index (χ3v) is 6.90. The molecule has 1 aromatic rings. The summed E-state index contributed by atoms with van der Waals surface area (Å²) in [6.07, 6.45) is 10.1. The maximum atomic E-state index is 13.1. The van der Waals surface area contributed by atoms with Crippen LogP contribution in [0, 0.1) is 17.8 Å². The summed E-state index contributed by atoms with van der Waals surface area (Å²) in [5.41, 5.74) is 2.99. The molecule has 4 rings (SSSR count). The molecule has 0 radical (unpaired) electrons. The molecule has 4 atom stereocenters. The Labute approximate surface area is 202 Å². The summed E-state index contributed by atoms with van der Waals surface area (Å²) in [5, 5.41) is 0. The lowest BCUT2D eigenvalue weighted by Crippen LogP contribution is -2.35. The van der Waals surface area contributed by atoms with Gasteiger partial charge < -0.3 is 4.90 Å². The molecular weight excluding hydrogens is 499 g/mol. The molecule has 166 valence electrons. The second-order valence-electron chi connectivity index (χ2n) is 8.81. The van der Waals surface area contributed by atoms with Crippen LogP contribution in [0.3, 0.4) is 0 Å². The van der Waals surface area contributed by atoms with E-state index in [0.29, 0.717) is 23.6 Å². The second kappa shape index (κ2) is 10.7. The molecule has 0 N–H and O–H groups in total. The van der Waals surface area contributed by atoms with Crippen molar-refractivity contribution < 1.29 is 4.79 Å². The van der Waals surface area contributed by atoms with E-state index in [2.05, 4.69) is 59.2 Å². The smallest absolute Gasteiger partial charge is 0.291 e. The standard InChI is InChI=1S/C25H32N4O.HI/c1-4-18-10-5-6-11-22(18)19-13-20-15-29(16-21(20)14-19)25(30)24(26-3)28-23-17(2)9-7-8-12-27-23;/h5-8,10-12,17,19-21H,4,9,13-16H2,1-3H3;1H/t17?,19?,20-,21+;. The Hall–Kier alpha value is -1.83. The first-order valence-corrected chi connectivity index (χ1v) is 11.2. The number of hydrogen-bond acceptors (Lipinski definition) is 2. The lowest BCUT2D eigenvalue weighted by Gasteiger charge is -2.20. The van der Waals surface area contributed by atoms with E-state index in [9.17, 15) is 4.79 Å². The predicted molar refractivity (Wildman–Crippen MR) is 139 cm³/mol. The topological polar surface area (TPSA) is 57.4 Å². The summed E-state index contributed by atoms with van der Waals surface area (Å²) in [7, 11) is 1.65. The van der Waals surface area contributed by atoms with Crippen LogP contribution < -0.4 is 0 Å². The number of likely N-dealkylation sites (tertiary alicyclic amines) is 1.